The zero-order chi connectivity index (χ0) is 29.1. The van der Waals surface area contributed by atoms with E-state index in [4.69, 9.17) is 21.3 Å². The number of hydrogen-bond donors (Lipinski definition) is 1. The number of halogens is 2. The molecule has 0 spiro atoms. The molecule has 7 rings (SSSR count). The Hall–Kier alpha value is -3.07. The first-order chi connectivity index (χ1) is 20.3. The molecule has 0 unspecified atom stereocenters. The molecule has 7 nitrogen and oxygen atoms in total. The second-order valence-electron chi connectivity index (χ2n) is 12.9. The fourth-order valence-electron chi connectivity index (χ4n) is 7.55. The van der Waals surface area contributed by atoms with Gasteiger partial charge in [0.1, 0.15) is 23.6 Å². The predicted molar refractivity (Wildman–Crippen MR) is 167 cm³/mol. The summed E-state index contributed by atoms with van der Waals surface area (Å²) in [5, 5.41) is 6.34. The third-order valence-electron chi connectivity index (χ3n) is 10.1. The molecule has 220 valence electrons. The van der Waals surface area contributed by atoms with Crippen molar-refractivity contribution in [3.8, 4) is 17.3 Å². The summed E-state index contributed by atoms with van der Waals surface area (Å²) in [4.78, 5) is 18.9. The van der Waals surface area contributed by atoms with E-state index in [-0.39, 0.29) is 28.3 Å². The van der Waals surface area contributed by atoms with Crippen LogP contribution < -0.4 is 10.1 Å². The Morgan fingerprint density at radius 1 is 1.12 bits per heavy atom. The highest BCUT2D eigenvalue weighted by molar-refractivity contribution is 6.36. The average Bonchev–Trinajstić information content (AvgIpc) is 3.47. The number of aromatic nitrogens is 3. The summed E-state index contributed by atoms with van der Waals surface area (Å²) >= 11 is 6.61. The summed E-state index contributed by atoms with van der Waals surface area (Å²) < 4.78 is 22.9. The quantitative estimate of drug-likeness (QED) is 0.243. The zero-order valence-corrected chi connectivity index (χ0v) is 25.3. The van der Waals surface area contributed by atoms with Crippen LogP contribution >= 0.6 is 11.6 Å². The standard InChI is InChI=1S/C33H38ClFN6O/c1-21-16-33(14-7-15-41(33)18-21)20-42-31-38-29-24(30(39-31)37-19-32(40(2)3)12-6-13-32)17-36-28(27(29)35)23-10-4-8-22-9-5-11-25(34)26(22)23/h4-5,8-11,17,21H,6-7,12-16,18-20H2,1-3H3,(H,37,38,39)/t21-,33+/m1/s1. The smallest absolute Gasteiger partial charge is 0.319 e. The molecule has 0 radical (unpaired) electrons. The third kappa shape index (κ3) is 4.59. The number of nitrogens with one attached hydrogen (secondary N) is 1. The maximum Gasteiger partial charge on any atom is 0.319 e. The van der Waals surface area contributed by atoms with Gasteiger partial charge in [-0.1, -0.05) is 48.9 Å². The van der Waals surface area contributed by atoms with Crippen molar-refractivity contribution in [2.45, 2.75) is 56.5 Å². The van der Waals surface area contributed by atoms with Gasteiger partial charge in [0.15, 0.2) is 5.82 Å². The fourth-order valence-corrected chi connectivity index (χ4v) is 7.84. The van der Waals surface area contributed by atoms with E-state index in [1.807, 2.05) is 36.4 Å². The number of nitrogens with zero attached hydrogens (tertiary/aromatic N) is 5. The van der Waals surface area contributed by atoms with Crippen molar-refractivity contribution in [3.05, 3.63) is 53.4 Å². The Balaban J connectivity index is 1.30. The van der Waals surface area contributed by atoms with Gasteiger partial charge in [0.05, 0.1) is 10.9 Å². The number of fused-ring (bicyclic) bond motifs is 3. The molecule has 2 atom stereocenters. The van der Waals surface area contributed by atoms with Gasteiger partial charge in [-0.05, 0) is 76.5 Å². The first kappa shape index (κ1) is 27.7. The van der Waals surface area contributed by atoms with E-state index in [9.17, 15) is 0 Å². The van der Waals surface area contributed by atoms with E-state index in [1.165, 1.54) is 12.8 Å². The zero-order valence-electron chi connectivity index (χ0n) is 24.6. The summed E-state index contributed by atoms with van der Waals surface area (Å²) in [6, 6.07) is 11.6. The van der Waals surface area contributed by atoms with Crippen LogP contribution in [0.4, 0.5) is 10.2 Å². The number of pyridine rings is 1. The van der Waals surface area contributed by atoms with Gasteiger partial charge in [0.25, 0.3) is 0 Å². The van der Waals surface area contributed by atoms with E-state index in [0.717, 1.165) is 49.5 Å². The lowest BCUT2D eigenvalue weighted by Crippen LogP contribution is -2.54. The van der Waals surface area contributed by atoms with Crippen LogP contribution in [0.1, 0.15) is 45.4 Å². The van der Waals surface area contributed by atoms with E-state index >= 15 is 4.39 Å². The largest absolute Gasteiger partial charge is 0.461 e. The molecule has 1 saturated carbocycles. The van der Waals surface area contributed by atoms with Crippen molar-refractivity contribution < 1.29 is 9.13 Å². The van der Waals surface area contributed by atoms with Gasteiger partial charge in [-0.15, -0.1) is 0 Å². The molecular formula is C33H38ClFN6O. The minimum Gasteiger partial charge on any atom is -0.461 e. The van der Waals surface area contributed by atoms with Crippen molar-refractivity contribution in [1.29, 1.82) is 0 Å². The molecule has 4 heterocycles. The Morgan fingerprint density at radius 3 is 2.69 bits per heavy atom. The molecule has 1 aliphatic carbocycles. The number of ether oxygens (including phenoxy) is 1. The molecule has 4 aromatic rings. The van der Waals surface area contributed by atoms with E-state index in [2.05, 4.69) is 46.1 Å². The van der Waals surface area contributed by atoms with E-state index in [0.29, 0.717) is 40.9 Å². The molecule has 2 aliphatic heterocycles. The number of hydrogen-bond acceptors (Lipinski definition) is 7. The highest BCUT2D eigenvalue weighted by Crippen LogP contribution is 2.42. The first-order valence-corrected chi connectivity index (χ1v) is 15.5. The highest BCUT2D eigenvalue weighted by atomic mass is 35.5. The number of benzene rings is 2. The maximum atomic E-state index is 16.6. The van der Waals surface area contributed by atoms with Crippen LogP contribution in [0.3, 0.4) is 0 Å². The van der Waals surface area contributed by atoms with Gasteiger partial charge in [0.2, 0.25) is 0 Å². The molecule has 0 amide bonds. The van der Waals surface area contributed by atoms with E-state index < -0.39 is 5.82 Å². The first-order valence-electron chi connectivity index (χ1n) is 15.1. The van der Waals surface area contributed by atoms with Gasteiger partial charge in [-0.3, -0.25) is 9.88 Å². The number of anilines is 1. The Morgan fingerprint density at radius 2 is 1.93 bits per heavy atom. The lowest BCUT2D eigenvalue weighted by molar-refractivity contribution is 0.0738. The van der Waals surface area contributed by atoms with Crippen LogP contribution in [-0.2, 0) is 0 Å². The number of likely N-dealkylation sites (N-methyl/N-ethyl adjacent to an activating group) is 1. The Kier molecular flexibility index (Phi) is 6.99. The summed E-state index contributed by atoms with van der Waals surface area (Å²) in [6.45, 7) is 5.70. The average molecular weight is 589 g/mol. The summed E-state index contributed by atoms with van der Waals surface area (Å²) in [7, 11) is 4.23. The second kappa shape index (κ2) is 10.6. The number of rotatable bonds is 8. The predicted octanol–water partition coefficient (Wildman–Crippen LogP) is 6.79. The van der Waals surface area contributed by atoms with Crippen LogP contribution in [0.5, 0.6) is 6.01 Å². The van der Waals surface area contributed by atoms with E-state index in [1.54, 1.807) is 6.20 Å². The maximum absolute atomic E-state index is 16.6. The minimum absolute atomic E-state index is 0.00783. The third-order valence-corrected chi connectivity index (χ3v) is 10.4. The summed E-state index contributed by atoms with van der Waals surface area (Å²) in [5.74, 6) is 0.681. The molecule has 1 N–H and O–H groups in total. The van der Waals surface area contributed by atoms with Crippen molar-refractivity contribution in [3.63, 3.8) is 0 Å². The molecule has 3 aliphatic rings. The van der Waals surface area contributed by atoms with Crippen LogP contribution in [-0.4, -0.2) is 76.2 Å². The van der Waals surface area contributed by atoms with Gasteiger partial charge in [-0.2, -0.15) is 9.97 Å². The summed E-state index contributed by atoms with van der Waals surface area (Å²) in [5.41, 5.74) is 1.10. The van der Waals surface area contributed by atoms with Crippen LogP contribution in [0, 0.1) is 11.7 Å². The fraction of sp³-hybridized carbons (Fsp3) is 0.485. The van der Waals surface area contributed by atoms with Crippen molar-refractivity contribution in [1.82, 2.24) is 24.8 Å². The Bertz CT molecular complexity index is 1650. The van der Waals surface area contributed by atoms with Crippen LogP contribution in [0.15, 0.2) is 42.6 Å². The normalized spacial score (nSPS) is 23.4. The molecule has 2 saturated heterocycles. The van der Waals surface area contributed by atoms with Crippen molar-refractivity contribution in [2.75, 3.05) is 45.7 Å². The van der Waals surface area contributed by atoms with Crippen molar-refractivity contribution in [2.24, 2.45) is 5.92 Å². The lowest BCUT2D eigenvalue weighted by Gasteiger charge is -2.47. The van der Waals surface area contributed by atoms with Gasteiger partial charge < -0.3 is 15.0 Å². The molecular weight excluding hydrogens is 551 g/mol. The molecule has 0 bridgehead atoms. The van der Waals surface area contributed by atoms with Crippen LogP contribution in [0.25, 0.3) is 32.9 Å². The van der Waals surface area contributed by atoms with Gasteiger partial charge in [-0.25, -0.2) is 4.39 Å². The topological polar surface area (TPSA) is 66.4 Å². The molecule has 2 aromatic heterocycles. The van der Waals surface area contributed by atoms with Gasteiger partial charge >= 0.3 is 6.01 Å². The molecule has 9 heteroatoms. The molecule has 3 fully saturated rings. The monoisotopic (exact) mass is 588 g/mol. The SMILES string of the molecule is C[C@H]1CN2CCC[C@@]2(COc2nc(NCC3(N(C)C)CCC3)c3cnc(-c4cccc5cccc(Cl)c45)c(F)c3n2)C1. The summed E-state index contributed by atoms with van der Waals surface area (Å²) in [6.07, 6.45) is 8.46. The Labute approximate surface area is 251 Å². The van der Waals surface area contributed by atoms with Gasteiger partial charge in [0, 0.05) is 40.8 Å². The molecule has 2 aromatic carbocycles. The second-order valence-corrected chi connectivity index (χ2v) is 13.3. The van der Waals surface area contributed by atoms with Crippen molar-refractivity contribution >= 4 is 39.1 Å². The molecule has 42 heavy (non-hydrogen) atoms. The minimum atomic E-state index is -0.503. The lowest BCUT2D eigenvalue weighted by atomic mass is 9.75. The van der Waals surface area contributed by atoms with Crippen LogP contribution in [0.2, 0.25) is 5.02 Å². The highest BCUT2D eigenvalue weighted by Gasteiger charge is 2.48.